The molecule has 1 aliphatic rings. The first kappa shape index (κ1) is 13.3. The molecule has 0 aliphatic carbocycles. The van der Waals surface area contributed by atoms with Gasteiger partial charge in [-0.2, -0.15) is 0 Å². The molecule has 1 amide bonds. The second-order valence-electron chi connectivity index (χ2n) is 5.48. The van der Waals surface area contributed by atoms with E-state index < -0.39 is 29.4 Å². The molecule has 0 aromatic heterocycles. The summed E-state index contributed by atoms with van der Waals surface area (Å²) < 4.78 is 10.2. The number of epoxide rings is 1. The van der Waals surface area contributed by atoms with E-state index in [9.17, 15) is 9.90 Å². The van der Waals surface area contributed by atoms with Crippen LogP contribution in [0.2, 0.25) is 0 Å². The summed E-state index contributed by atoms with van der Waals surface area (Å²) in [7, 11) is 0. The number of rotatable bonds is 3. The molecule has 0 aromatic rings. The second kappa shape index (κ2) is 4.22. The Morgan fingerprint density at radius 1 is 1.56 bits per heavy atom. The van der Waals surface area contributed by atoms with Crippen molar-refractivity contribution < 1.29 is 19.4 Å². The van der Waals surface area contributed by atoms with Crippen LogP contribution in [0.5, 0.6) is 0 Å². The molecule has 1 heterocycles. The predicted octanol–water partition coefficient (Wildman–Crippen LogP) is 1.05. The maximum atomic E-state index is 11.4. The Kier molecular flexibility index (Phi) is 3.50. The summed E-state index contributed by atoms with van der Waals surface area (Å²) in [5.74, 6) is 0. The Labute approximate surface area is 96.1 Å². The third-order valence-corrected chi connectivity index (χ3v) is 2.44. The molecule has 1 fully saturated rings. The lowest BCUT2D eigenvalue weighted by atomic mass is 10.00. The Hall–Kier alpha value is -0.810. The van der Waals surface area contributed by atoms with Crippen LogP contribution in [0.3, 0.4) is 0 Å². The fraction of sp³-hybridized carbons (Fsp3) is 0.909. The number of amides is 1. The van der Waals surface area contributed by atoms with Crippen molar-refractivity contribution in [3.05, 3.63) is 0 Å². The van der Waals surface area contributed by atoms with Crippen LogP contribution in [0.15, 0.2) is 0 Å². The summed E-state index contributed by atoms with van der Waals surface area (Å²) in [6.07, 6.45) is -1.25. The van der Waals surface area contributed by atoms with Crippen molar-refractivity contribution in [3.63, 3.8) is 0 Å². The maximum Gasteiger partial charge on any atom is 0.407 e. The molecule has 0 bridgehead atoms. The van der Waals surface area contributed by atoms with Crippen LogP contribution in [-0.4, -0.2) is 41.2 Å². The molecule has 0 aromatic carbocycles. The average Bonchev–Trinajstić information content (AvgIpc) is 2.79. The van der Waals surface area contributed by atoms with Crippen LogP contribution in [-0.2, 0) is 9.47 Å². The fourth-order valence-corrected chi connectivity index (χ4v) is 1.39. The molecule has 94 valence electrons. The average molecular weight is 231 g/mol. The van der Waals surface area contributed by atoms with Gasteiger partial charge >= 0.3 is 6.09 Å². The Bertz CT molecular complexity index is 268. The normalized spacial score (nSPS) is 28.1. The van der Waals surface area contributed by atoms with E-state index in [2.05, 4.69) is 5.32 Å². The highest BCUT2D eigenvalue weighted by Crippen LogP contribution is 2.31. The first-order chi connectivity index (χ1) is 7.14. The molecule has 5 heteroatoms. The van der Waals surface area contributed by atoms with Crippen LogP contribution in [0.4, 0.5) is 4.79 Å². The van der Waals surface area contributed by atoms with E-state index in [1.165, 1.54) is 0 Å². The van der Waals surface area contributed by atoms with Crippen molar-refractivity contribution in [2.45, 2.75) is 58.0 Å². The highest BCUT2D eigenvalue weighted by molar-refractivity contribution is 5.68. The number of carbonyl (C=O) groups is 1. The summed E-state index contributed by atoms with van der Waals surface area (Å²) in [4.78, 5) is 11.4. The van der Waals surface area contributed by atoms with Gasteiger partial charge in [-0.3, -0.25) is 0 Å². The summed E-state index contributed by atoms with van der Waals surface area (Å²) in [5, 5.41) is 12.5. The molecule has 0 spiro atoms. The zero-order valence-electron chi connectivity index (χ0n) is 10.5. The molecule has 1 aliphatic heterocycles. The van der Waals surface area contributed by atoms with Crippen molar-refractivity contribution in [1.29, 1.82) is 0 Å². The molecule has 2 N–H and O–H groups in total. The molecular formula is C11H21NO4. The topological polar surface area (TPSA) is 71.1 Å². The highest BCUT2D eigenvalue weighted by atomic mass is 16.6. The van der Waals surface area contributed by atoms with Crippen molar-refractivity contribution in [2.75, 3.05) is 6.61 Å². The molecule has 5 nitrogen and oxygen atoms in total. The van der Waals surface area contributed by atoms with Gasteiger partial charge in [0, 0.05) is 0 Å². The van der Waals surface area contributed by atoms with Gasteiger partial charge in [0.1, 0.15) is 17.3 Å². The van der Waals surface area contributed by atoms with Gasteiger partial charge < -0.3 is 19.9 Å². The standard InChI is InChI=1S/C11H21NO4/c1-7(8(13)11(5)6-15-11)12-9(14)16-10(2,3)4/h7-8,13H,6H2,1-5H3,(H,12,14)/t7-,8?,11?/m0/s1. The van der Waals surface area contributed by atoms with Crippen LogP contribution < -0.4 is 5.32 Å². The Morgan fingerprint density at radius 3 is 2.44 bits per heavy atom. The van der Waals surface area contributed by atoms with Gasteiger partial charge in [-0.15, -0.1) is 0 Å². The lowest BCUT2D eigenvalue weighted by Gasteiger charge is -2.25. The van der Waals surface area contributed by atoms with Gasteiger partial charge in [0.2, 0.25) is 0 Å². The van der Waals surface area contributed by atoms with Gasteiger partial charge in [0.05, 0.1) is 12.6 Å². The molecule has 3 atom stereocenters. The number of nitrogens with one attached hydrogen (secondary N) is 1. The van der Waals surface area contributed by atoms with Gasteiger partial charge in [-0.1, -0.05) is 0 Å². The monoisotopic (exact) mass is 231 g/mol. The van der Waals surface area contributed by atoms with Gasteiger partial charge in [-0.05, 0) is 34.6 Å². The third-order valence-electron chi connectivity index (χ3n) is 2.44. The number of alkyl carbamates (subject to hydrolysis) is 1. The molecular weight excluding hydrogens is 210 g/mol. The largest absolute Gasteiger partial charge is 0.444 e. The van der Waals surface area contributed by atoms with E-state index in [0.717, 1.165) is 0 Å². The predicted molar refractivity (Wildman–Crippen MR) is 59.2 cm³/mol. The molecule has 2 unspecified atom stereocenters. The van der Waals surface area contributed by atoms with E-state index in [4.69, 9.17) is 9.47 Å². The minimum absolute atomic E-state index is 0.401. The lowest BCUT2D eigenvalue weighted by Crippen LogP contribution is -2.48. The minimum atomic E-state index is -0.722. The van der Waals surface area contributed by atoms with Gasteiger partial charge in [0.25, 0.3) is 0 Å². The lowest BCUT2D eigenvalue weighted by molar-refractivity contribution is 0.0300. The molecule has 1 rings (SSSR count). The number of hydrogen-bond acceptors (Lipinski definition) is 4. The van der Waals surface area contributed by atoms with E-state index in [-0.39, 0.29) is 0 Å². The highest BCUT2D eigenvalue weighted by Gasteiger charge is 2.49. The van der Waals surface area contributed by atoms with Gasteiger partial charge in [-0.25, -0.2) is 4.79 Å². The van der Waals surface area contributed by atoms with Crippen molar-refractivity contribution in [3.8, 4) is 0 Å². The molecule has 0 saturated carbocycles. The Balaban J connectivity index is 2.39. The maximum absolute atomic E-state index is 11.4. The number of ether oxygens (including phenoxy) is 2. The fourth-order valence-electron chi connectivity index (χ4n) is 1.39. The van der Waals surface area contributed by atoms with Crippen LogP contribution in [0, 0.1) is 0 Å². The van der Waals surface area contributed by atoms with E-state index >= 15 is 0 Å². The zero-order valence-corrected chi connectivity index (χ0v) is 10.5. The van der Waals surface area contributed by atoms with Crippen LogP contribution in [0.1, 0.15) is 34.6 Å². The second-order valence-corrected chi connectivity index (χ2v) is 5.48. The summed E-state index contributed by atoms with van der Waals surface area (Å²) in [5.41, 5.74) is -1.05. The smallest absolute Gasteiger partial charge is 0.407 e. The quantitative estimate of drug-likeness (QED) is 0.712. The number of hydrogen-bond donors (Lipinski definition) is 2. The van der Waals surface area contributed by atoms with E-state index in [0.29, 0.717) is 6.61 Å². The summed E-state index contributed by atoms with van der Waals surface area (Å²) >= 11 is 0. The van der Waals surface area contributed by atoms with Gasteiger partial charge in [0.15, 0.2) is 0 Å². The van der Waals surface area contributed by atoms with E-state index in [1.54, 1.807) is 27.7 Å². The SMILES string of the molecule is C[C@H](NC(=O)OC(C)(C)C)C(O)C1(C)CO1. The van der Waals surface area contributed by atoms with Crippen LogP contribution >= 0.6 is 0 Å². The summed E-state index contributed by atoms with van der Waals surface area (Å²) in [6.45, 7) is 9.43. The number of aliphatic hydroxyl groups is 1. The van der Waals surface area contributed by atoms with Crippen molar-refractivity contribution >= 4 is 6.09 Å². The van der Waals surface area contributed by atoms with Crippen LogP contribution in [0.25, 0.3) is 0 Å². The Morgan fingerprint density at radius 2 is 2.06 bits per heavy atom. The third kappa shape index (κ3) is 3.64. The molecule has 16 heavy (non-hydrogen) atoms. The van der Waals surface area contributed by atoms with E-state index in [1.807, 2.05) is 6.92 Å². The first-order valence-corrected chi connectivity index (χ1v) is 5.45. The first-order valence-electron chi connectivity index (χ1n) is 5.45. The zero-order chi connectivity index (χ0) is 12.6. The van der Waals surface area contributed by atoms with Crippen molar-refractivity contribution in [1.82, 2.24) is 5.32 Å². The minimum Gasteiger partial charge on any atom is -0.444 e. The van der Waals surface area contributed by atoms with Crippen molar-refractivity contribution in [2.24, 2.45) is 0 Å². The molecule has 0 radical (unpaired) electrons. The number of aliphatic hydroxyl groups excluding tert-OH is 1. The number of carbonyl (C=O) groups excluding carboxylic acids is 1. The molecule has 1 saturated heterocycles. The summed E-state index contributed by atoms with van der Waals surface area (Å²) in [6, 6.07) is -0.401.